The molecule has 0 aromatic heterocycles. The molecular formula is C25H37N2ReS-. The Bertz CT molecular complexity index is 842. The van der Waals surface area contributed by atoms with E-state index in [-0.39, 0.29) is 7.43 Å². The van der Waals surface area contributed by atoms with E-state index in [9.17, 15) is 0 Å². The molecule has 29 heavy (non-hydrogen) atoms. The van der Waals surface area contributed by atoms with E-state index in [0.29, 0.717) is 23.7 Å². The molecule has 0 saturated carbocycles. The standard InChI is InChI=1S/2C12H17N.CH3.Re.S/c2*1-8(2)10-6-5-7-11(9(3)4)12(10)13;;;/h2*5-9H,1-4H3;1H3;;/q;;-1;;. The van der Waals surface area contributed by atoms with Gasteiger partial charge in [0.1, 0.15) is 0 Å². The first-order valence-corrected chi connectivity index (χ1v) is 16.3. The molecule has 161 valence electrons. The van der Waals surface area contributed by atoms with Gasteiger partial charge in [-0.3, -0.25) is 0 Å². The summed E-state index contributed by atoms with van der Waals surface area (Å²) in [6.45, 7) is 17.8. The van der Waals surface area contributed by atoms with Crippen molar-refractivity contribution in [1.82, 2.24) is 0 Å². The number of rotatable bonds is 6. The van der Waals surface area contributed by atoms with Gasteiger partial charge in [-0.1, -0.05) is 0 Å². The average Bonchev–Trinajstić information content (AvgIpc) is 2.61. The molecule has 2 aromatic carbocycles. The zero-order valence-corrected chi connectivity index (χ0v) is 23.0. The van der Waals surface area contributed by atoms with E-state index >= 15 is 0 Å². The van der Waals surface area contributed by atoms with Crippen LogP contribution in [0.3, 0.4) is 0 Å². The van der Waals surface area contributed by atoms with Gasteiger partial charge in [-0.15, -0.1) is 0 Å². The molecule has 0 aliphatic carbocycles. The molecule has 0 atom stereocenters. The first kappa shape index (κ1) is 26.0. The Morgan fingerprint density at radius 3 is 1.03 bits per heavy atom. The Hall–Kier alpha value is -1.08. The zero-order chi connectivity index (χ0) is 21.0. The summed E-state index contributed by atoms with van der Waals surface area (Å²) in [5, 5.41) is 0. The van der Waals surface area contributed by atoms with Crippen LogP contribution in [0.5, 0.6) is 0 Å². The molecule has 0 N–H and O–H groups in total. The molecule has 2 aromatic rings. The summed E-state index contributed by atoms with van der Waals surface area (Å²) < 4.78 is 10.3. The summed E-state index contributed by atoms with van der Waals surface area (Å²) in [5.41, 5.74) is 7.40. The van der Waals surface area contributed by atoms with E-state index in [1.54, 1.807) is 0 Å². The topological polar surface area (TPSA) is 24.7 Å². The summed E-state index contributed by atoms with van der Waals surface area (Å²) in [7, 11) is 5.94. The predicted molar refractivity (Wildman–Crippen MR) is 127 cm³/mol. The quantitative estimate of drug-likeness (QED) is 0.311. The zero-order valence-electron chi connectivity index (χ0n) is 19.5. The van der Waals surface area contributed by atoms with Crippen LogP contribution in [0.25, 0.3) is 0 Å². The van der Waals surface area contributed by atoms with Crippen LogP contribution < -0.4 is 0 Å². The van der Waals surface area contributed by atoms with Crippen LogP contribution in [0.1, 0.15) is 101 Å². The first-order chi connectivity index (χ1) is 13.1. The molecule has 0 radical (unpaired) electrons. The Kier molecular flexibility index (Phi) is 10.2. The van der Waals surface area contributed by atoms with E-state index in [4.69, 9.17) is 17.1 Å². The largest absolute Gasteiger partial charge is 0.358 e. The van der Waals surface area contributed by atoms with Crippen molar-refractivity contribution in [2.24, 2.45) is 7.14 Å². The minimum absolute atomic E-state index is 0. The Morgan fingerprint density at radius 1 is 0.586 bits per heavy atom. The van der Waals surface area contributed by atoms with Crippen LogP contribution in [0.15, 0.2) is 43.5 Å². The molecule has 0 bridgehead atoms. The van der Waals surface area contributed by atoms with Crippen LogP contribution >= 0.6 is 9.94 Å². The van der Waals surface area contributed by atoms with E-state index < -0.39 is 14.6 Å². The van der Waals surface area contributed by atoms with Gasteiger partial charge in [0.2, 0.25) is 0 Å². The van der Waals surface area contributed by atoms with E-state index in [1.807, 2.05) is 0 Å². The van der Waals surface area contributed by atoms with Crippen molar-refractivity contribution < 1.29 is 14.6 Å². The monoisotopic (exact) mass is 584 g/mol. The van der Waals surface area contributed by atoms with Crippen molar-refractivity contribution in [1.29, 1.82) is 0 Å². The van der Waals surface area contributed by atoms with Crippen LogP contribution in [0, 0.1) is 7.43 Å². The Balaban J connectivity index is 0.00000420. The number of hydrogen-bond donors (Lipinski definition) is 0. The maximum atomic E-state index is 5.94. The van der Waals surface area contributed by atoms with Crippen molar-refractivity contribution in [3.63, 3.8) is 0 Å². The molecule has 0 heterocycles. The summed E-state index contributed by atoms with van der Waals surface area (Å²) in [6, 6.07) is 13.1. The second-order valence-electron chi connectivity index (χ2n) is 8.57. The van der Waals surface area contributed by atoms with Crippen molar-refractivity contribution >= 4 is 21.3 Å². The number of benzene rings is 2. The molecular weight excluding hydrogens is 547 g/mol. The van der Waals surface area contributed by atoms with Crippen molar-refractivity contribution in [3.05, 3.63) is 66.1 Å². The van der Waals surface area contributed by atoms with Gasteiger partial charge in [0, 0.05) is 0 Å². The molecule has 0 fully saturated rings. The maximum Gasteiger partial charge on any atom is -0.358 e. The van der Waals surface area contributed by atoms with Gasteiger partial charge in [0.15, 0.2) is 0 Å². The smallest absolute Gasteiger partial charge is 0.358 e. The fraction of sp³-hybridized carbons (Fsp3) is 0.480. The fourth-order valence-corrected chi connectivity index (χ4v) is 7.09. The minimum atomic E-state index is -2.62. The SMILES string of the molecule is CC(C)c1cccc(C(C)C)c1[N]=[Re](=[S])=[N]c1c(C(C)C)cccc1C(C)C.[CH3-]. The van der Waals surface area contributed by atoms with Gasteiger partial charge < -0.3 is 7.43 Å². The van der Waals surface area contributed by atoms with Gasteiger partial charge in [0.25, 0.3) is 0 Å². The summed E-state index contributed by atoms with van der Waals surface area (Å²) in [4.78, 5) is 0. The average molecular weight is 584 g/mol. The second kappa shape index (κ2) is 11.4. The molecule has 0 amide bonds. The van der Waals surface area contributed by atoms with E-state index in [0.717, 1.165) is 11.4 Å². The van der Waals surface area contributed by atoms with Crippen molar-refractivity contribution in [2.45, 2.75) is 79.1 Å². The fourth-order valence-electron chi connectivity index (χ4n) is 3.38. The van der Waals surface area contributed by atoms with Gasteiger partial charge in [0.05, 0.1) is 0 Å². The van der Waals surface area contributed by atoms with E-state index in [1.165, 1.54) is 22.3 Å². The van der Waals surface area contributed by atoms with Crippen molar-refractivity contribution in [3.8, 4) is 0 Å². The third-order valence-electron chi connectivity index (χ3n) is 5.00. The van der Waals surface area contributed by atoms with Crippen LogP contribution in [-0.4, -0.2) is 0 Å². The Morgan fingerprint density at radius 2 is 0.828 bits per heavy atom. The molecule has 0 aliphatic rings. The van der Waals surface area contributed by atoms with Crippen molar-refractivity contribution in [2.75, 3.05) is 0 Å². The van der Waals surface area contributed by atoms with Crippen LogP contribution in [0.4, 0.5) is 11.4 Å². The molecule has 0 spiro atoms. The van der Waals surface area contributed by atoms with Gasteiger partial charge in [-0.25, -0.2) is 0 Å². The normalized spacial score (nSPS) is 11.2. The molecule has 2 rings (SSSR count). The first-order valence-electron chi connectivity index (χ1n) is 10.2. The third-order valence-corrected chi connectivity index (χ3v) is 8.38. The summed E-state index contributed by atoms with van der Waals surface area (Å²) in [5.74, 6) is 1.71. The van der Waals surface area contributed by atoms with Crippen LogP contribution in [-0.2, 0) is 14.6 Å². The third kappa shape index (κ3) is 6.45. The molecule has 0 saturated heterocycles. The minimum Gasteiger partial charge on any atom is -0.358 e. The van der Waals surface area contributed by atoms with Crippen LogP contribution in [0.2, 0.25) is 0 Å². The molecule has 2 nitrogen and oxygen atoms in total. The van der Waals surface area contributed by atoms with Gasteiger partial charge in [-0.05, 0) is 0 Å². The van der Waals surface area contributed by atoms with Gasteiger partial charge >= 0.3 is 181 Å². The number of nitrogens with zero attached hydrogens (tertiary/aromatic N) is 2. The molecule has 0 unspecified atom stereocenters. The number of hydrogen-bond acceptors (Lipinski definition) is 3. The van der Waals surface area contributed by atoms with Gasteiger partial charge in [-0.2, -0.15) is 0 Å². The summed E-state index contributed by atoms with van der Waals surface area (Å²) in [6.07, 6.45) is 0. The predicted octanol–water partition coefficient (Wildman–Crippen LogP) is 9.69. The maximum absolute atomic E-state index is 5.94. The summed E-state index contributed by atoms with van der Waals surface area (Å²) >= 11 is -2.62. The second-order valence-corrected chi connectivity index (χ2v) is 13.6. The molecule has 0 aliphatic heterocycles. The van der Waals surface area contributed by atoms with E-state index in [2.05, 4.69) is 91.8 Å². The molecule has 4 heteroatoms. The Labute approximate surface area is 187 Å².